The highest BCUT2D eigenvalue weighted by Gasteiger charge is 2.17. The van der Waals surface area contributed by atoms with E-state index >= 15 is 0 Å². The van der Waals surface area contributed by atoms with Crippen LogP contribution in [0.2, 0.25) is 5.15 Å². The first-order chi connectivity index (χ1) is 7.75. The van der Waals surface area contributed by atoms with E-state index in [1.54, 1.807) is 0 Å². The van der Waals surface area contributed by atoms with E-state index in [0.29, 0.717) is 5.15 Å². The molecular formula is C12H10ClIN2. The zero-order chi connectivity index (χ0) is 11.1. The number of pyridine rings is 1. The number of hydrogen-bond donors (Lipinski definition) is 0. The van der Waals surface area contributed by atoms with E-state index in [1.165, 1.54) is 26.5 Å². The van der Waals surface area contributed by atoms with Crippen molar-refractivity contribution in [1.29, 1.82) is 0 Å². The van der Waals surface area contributed by atoms with Crippen molar-refractivity contribution in [3.05, 3.63) is 33.1 Å². The highest BCUT2D eigenvalue weighted by atomic mass is 127. The van der Waals surface area contributed by atoms with Gasteiger partial charge in [-0.1, -0.05) is 11.6 Å². The summed E-state index contributed by atoms with van der Waals surface area (Å²) in [5.41, 5.74) is 1.28. The molecule has 1 aromatic carbocycles. The van der Waals surface area contributed by atoms with Crippen molar-refractivity contribution in [2.75, 3.05) is 18.0 Å². The fourth-order valence-corrected chi connectivity index (χ4v) is 2.78. The number of benzene rings is 1. The van der Waals surface area contributed by atoms with Crippen LogP contribution < -0.4 is 4.90 Å². The molecule has 0 radical (unpaired) electrons. The molecule has 2 aromatic rings. The van der Waals surface area contributed by atoms with Crippen LogP contribution in [0.3, 0.4) is 0 Å². The van der Waals surface area contributed by atoms with E-state index in [1.807, 2.05) is 12.3 Å². The first kappa shape index (κ1) is 10.6. The molecule has 0 spiro atoms. The van der Waals surface area contributed by atoms with E-state index in [0.717, 1.165) is 13.1 Å². The van der Waals surface area contributed by atoms with Gasteiger partial charge < -0.3 is 4.90 Å². The fraction of sp³-hybridized carbons (Fsp3) is 0.250. The number of hydrogen-bond acceptors (Lipinski definition) is 2. The topological polar surface area (TPSA) is 16.1 Å². The minimum atomic E-state index is 0.561. The second kappa shape index (κ2) is 4.04. The molecule has 0 saturated carbocycles. The monoisotopic (exact) mass is 344 g/mol. The lowest BCUT2D eigenvalue weighted by molar-refractivity contribution is 0.620. The van der Waals surface area contributed by atoms with E-state index in [-0.39, 0.29) is 0 Å². The Morgan fingerprint density at radius 1 is 1.25 bits per heavy atom. The summed E-state index contributed by atoms with van der Waals surface area (Å²) >= 11 is 8.28. The van der Waals surface area contributed by atoms with Gasteiger partial charge in [0.25, 0.3) is 0 Å². The molecule has 0 bridgehead atoms. The van der Waals surface area contributed by atoms with Crippen molar-refractivity contribution in [3.8, 4) is 0 Å². The summed E-state index contributed by atoms with van der Waals surface area (Å²) < 4.78 is 1.22. The third kappa shape index (κ3) is 1.66. The summed E-state index contributed by atoms with van der Waals surface area (Å²) in [5, 5.41) is 2.96. The summed E-state index contributed by atoms with van der Waals surface area (Å²) in [6.07, 6.45) is 3.17. The zero-order valence-electron chi connectivity index (χ0n) is 8.58. The lowest BCUT2D eigenvalue weighted by Crippen LogP contribution is -2.37. The van der Waals surface area contributed by atoms with Crippen LogP contribution in [0.1, 0.15) is 6.42 Å². The molecule has 16 heavy (non-hydrogen) atoms. The lowest BCUT2D eigenvalue weighted by Gasteiger charge is -2.34. The molecule has 0 amide bonds. The summed E-state index contributed by atoms with van der Waals surface area (Å²) in [6, 6.07) is 6.27. The molecule has 0 aliphatic carbocycles. The second-order valence-corrected chi connectivity index (χ2v) is 5.51. The van der Waals surface area contributed by atoms with Crippen LogP contribution in [0.5, 0.6) is 0 Å². The Balaban J connectivity index is 2.26. The molecule has 0 atom stereocenters. The lowest BCUT2D eigenvalue weighted by atomic mass is 10.1. The van der Waals surface area contributed by atoms with Crippen LogP contribution in [-0.4, -0.2) is 18.1 Å². The summed E-state index contributed by atoms with van der Waals surface area (Å²) in [7, 11) is 0. The van der Waals surface area contributed by atoms with Gasteiger partial charge in [0.05, 0.1) is 0 Å². The van der Waals surface area contributed by atoms with Gasteiger partial charge >= 0.3 is 0 Å². The predicted molar refractivity (Wildman–Crippen MR) is 76.3 cm³/mol. The van der Waals surface area contributed by atoms with Gasteiger partial charge in [-0.05, 0) is 47.2 Å². The number of rotatable bonds is 1. The molecule has 0 N–H and O–H groups in total. The average Bonchev–Trinajstić information content (AvgIpc) is 2.20. The highest BCUT2D eigenvalue weighted by molar-refractivity contribution is 14.1. The van der Waals surface area contributed by atoms with Gasteiger partial charge in [-0.2, -0.15) is 0 Å². The van der Waals surface area contributed by atoms with Crippen molar-refractivity contribution in [2.24, 2.45) is 0 Å². The molecule has 1 aliphatic heterocycles. The standard InChI is InChI=1S/C12H10ClIN2/c13-12-6-8-9(7-15-12)11(3-2-10(8)14)16-4-1-5-16/h2-3,6-7H,1,4-5H2. The Morgan fingerprint density at radius 2 is 2.06 bits per heavy atom. The van der Waals surface area contributed by atoms with Gasteiger partial charge in [-0.15, -0.1) is 0 Å². The number of aromatic nitrogens is 1. The average molecular weight is 345 g/mol. The molecule has 1 aromatic heterocycles. The maximum Gasteiger partial charge on any atom is 0.129 e. The van der Waals surface area contributed by atoms with Gasteiger partial charge in [0, 0.05) is 39.3 Å². The maximum absolute atomic E-state index is 5.94. The van der Waals surface area contributed by atoms with E-state index in [2.05, 4.69) is 44.6 Å². The summed E-state index contributed by atoms with van der Waals surface area (Å²) in [6.45, 7) is 2.30. The molecule has 0 unspecified atom stereocenters. The van der Waals surface area contributed by atoms with Crippen LogP contribution in [0, 0.1) is 3.57 Å². The molecule has 1 saturated heterocycles. The van der Waals surface area contributed by atoms with Crippen molar-refractivity contribution in [3.63, 3.8) is 0 Å². The Hall–Kier alpha value is -0.550. The largest absolute Gasteiger partial charge is 0.371 e. The normalized spacial score (nSPS) is 15.2. The van der Waals surface area contributed by atoms with E-state index in [9.17, 15) is 0 Å². The third-order valence-electron chi connectivity index (χ3n) is 2.99. The molecule has 82 valence electrons. The Bertz CT molecular complexity index is 552. The minimum Gasteiger partial charge on any atom is -0.371 e. The van der Waals surface area contributed by atoms with Crippen molar-refractivity contribution in [1.82, 2.24) is 4.98 Å². The predicted octanol–water partition coefficient (Wildman–Crippen LogP) is 3.70. The minimum absolute atomic E-state index is 0.561. The second-order valence-electron chi connectivity index (χ2n) is 3.96. The van der Waals surface area contributed by atoms with Gasteiger partial charge in [-0.25, -0.2) is 4.98 Å². The molecule has 1 aliphatic rings. The summed E-state index contributed by atoms with van der Waals surface area (Å²) in [5.74, 6) is 0. The van der Waals surface area contributed by atoms with Crippen LogP contribution in [0.25, 0.3) is 10.8 Å². The molecule has 2 nitrogen and oxygen atoms in total. The van der Waals surface area contributed by atoms with Crippen molar-refractivity contribution in [2.45, 2.75) is 6.42 Å². The van der Waals surface area contributed by atoms with Gasteiger partial charge in [0.15, 0.2) is 0 Å². The molecule has 1 fully saturated rings. The van der Waals surface area contributed by atoms with Crippen molar-refractivity contribution >= 4 is 50.7 Å². The summed E-state index contributed by atoms with van der Waals surface area (Å²) in [4.78, 5) is 6.57. The third-order valence-corrected chi connectivity index (χ3v) is 4.14. The number of anilines is 1. The Morgan fingerprint density at radius 3 is 2.75 bits per heavy atom. The molecular weight excluding hydrogens is 335 g/mol. The fourth-order valence-electron chi connectivity index (χ4n) is 2.00. The number of fused-ring (bicyclic) bond motifs is 1. The first-order valence-corrected chi connectivity index (χ1v) is 6.70. The van der Waals surface area contributed by atoms with Crippen LogP contribution in [0.15, 0.2) is 24.4 Å². The Labute approximate surface area is 113 Å². The van der Waals surface area contributed by atoms with Crippen LogP contribution >= 0.6 is 34.2 Å². The quantitative estimate of drug-likeness (QED) is 0.579. The van der Waals surface area contributed by atoms with Gasteiger partial charge in [0.1, 0.15) is 5.15 Å². The molecule has 4 heteroatoms. The number of nitrogens with zero attached hydrogens (tertiary/aromatic N) is 2. The van der Waals surface area contributed by atoms with Crippen LogP contribution in [0.4, 0.5) is 5.69 Å². The van der Waals surface area contributed by atoms with Crippen molar-refractivity contribution < 1.29 is 0 Å². The first-order valence-electron chi connectivity index (χ1n) is 5.24. The zero-order valence-corrected chi connectivity index (χ0v) is 11.5. The number of halogens is 2. The van der Waals surface area contributed by atoms with E-state index in [4.69, 9.17) is 11.6 Å². The highest BCUT2D eigenvalue weighted by Crippen LogP contribution is 2.33. The smallest absolute Gasteiger partial charge is 0.129 e. The maximum atomic E-state index is 5.94. The van der Waals surface area contributed by atoms with Gasteiger partial charge in [-0.3, -0.25) is 0 Å². The van der Waals surface area contributed by atoms with Gasteiger partial charge in [0.2, 0.25) is 0 Å². The molecule has 3 rings (SSSR count). The van der Waals surface area contributed by atoms with E-state index < -0.39 is 0 Å². The van der Waals surface area contributed by atoms with Crippen LogP contribution in [-0.2, 0) is 0 Å². The Kier molecular flexibility index (Phi) is 2.67. The SMILES string of the molecule is Clc1cc2c(I)ccc(N3CCC3)c2cn1. The molecule has 2 heterocycles.